The molecule has 2 aromatic rings. The average Bonchev–Trinajstić information content (AvgIpc) is 2.84. The van der Waals surface area contributed by atoms with Gasteiger partial charge in [0.05, 0.1) is 26.0 Å². The normalized spacial score (nSPS) is 13.7. The molecule has 1 saturated heterocycles. The summed E-state index contributed by atoms with van der Waals surface area (Å²) in [6.45, 7) is 4.45. The summed E-state index contributed by atoms with van der Waals surface area (Å²) < 4.78 is 30.2. The number of hydrogen-bond donors (Lipinski definition) is 2. The van der Waals surface area contributed by atoms with Crippen LogP contribution in [0.4, 0.5) is 15.8 Å². The zero-order valence-electron chi connectivity index (χ0n) is 19.2. The molecule has 10 heteroatoms. The van der Waals surface area contributed by atoms with Gasteiger partial charge in [0.2, 0.25) is 5.91 Å². The second-order valence-corrected chi connectivity index (χ2v) is 7.71. The first-order valence-corrected chi connectivity index (χ1v) is 10.9. The molecule has 0 unspecified atom stereocenters. The van der Waals surface area contributed by atoms with Crippen molar-refractivity contribution in [3.05, 3.63) is 47.8 Å². The van der Waals surface area contributed by atoms with E-state index in [2.05, 4.69) is 15.5 Å². The van der Waals surface area contributed by atoms with Crippen molar-refractivity contribution in [1.82, 2.24) is 4.90 Å². The monoisotopic (exact) mass is 473 g/mol. The molecule has 1 fully saturated rings. The van der Waals surface area contributed by atoms with Crippen molar-refractivity contribution >= 4 is 29.0 Å². The molecule has 2 N–H and O–H groups in total. The molecule has 1 aliphatic heterocycles. The third kappa shape index (κ3) is 7.26. The van der Waals surface area contributed by atoms with Crippen LogP contribution in [0, 0.1) is 5.82 Å². The van der Waals surface area contributed by atoms with Gasteiger partial charge in [-0.05, 0) is 43.3 Å². The van der Waals surface area contributed by atoms with Crippen molar-refractivity contribution < 1.29 is 33.0 Å². The highest BCUT2D eigenvalue weighted by atomic mass is 19.1. The number of Topliss-reactive ketones (excluding diaryl/α,β-unsaturated/α-hetero) is 1. The van der Waals surface area contributed by atoms with Crippen molar-refractivity contribution in [1.29, 1.82) is 0 Å². The minimum Gasteiger partial charge on any atom is -0.493 e. The molecule has 2 aromatic carbocycles. The second kappa shape index (κ2) is 12.1. The first-order chi connectivity index (χ1) is 16.4. The van der Waals surface area contributed by atoms with E-state index in [0.717, 1.165) is 19.2 Å². The number of nitrogens with one attached hydrogen (secondary N) is 2. The van der Waals surface area contributed by atoms with Crippen molar-refractivity contribution in [3.8, 4) is 11.5 Å². The molecule has 3 rings (SSSR count). The predicted octanol–water partition coefficient (Wildman–Crippen LogP) is 2.72. The number of morpholine rings is 1. The molecule has 0 aliphatic carbocycles. The molecule has 0 spiro atoms. The Bertz CT molecular complexity index is 1040. The minimum atomic E-state index is -0.607. The summed E-state index contributed by atoms with van der Waals surface area (Å²) in [5.41, 5.74) is 0.740. The number of amides is 2. The Balaban J connectivity index is 1.53. The van der Waals surface area contributed by atoms with Gasteiger partial charge < -0.3 is 24.8 Å². The zero-order chi connectivity index (χ0) is 24.5. The van der Waals surface area contributed by atoms with E-state index in [1.807, 2.05) is 0 Å². The Labute approximate surface area is 197 Å². The number of anilines is 2. The summed E-state index contributed by atoms with van der Waals surface area (Å²) in [6, 6.07) is 8.56. The number of ketones is 1. The summed E-state index contributed by atoms with van der Waals surface area (Å²) >= 11 is 0. The van der Waals surface area contributed by atoms with Gasteiger partial charge in [-0.15, -0.1) is 0 Å². The Morgan fingerprint density at radius 2 is 1.79 bits per heavy atom. The van der Waals surface area contributed by atoms with Gasteiger partial charge in [-0.1, -0.05) is 0 Å². The molecular weight excluding hydrogens is 445 g/mol. The van der Waals surface area contributed by atoms with Crippen molar-refractivity contribution in [2.45, 2.75) is 13.3 Å². The molecule has 1 aliphatic rings. The summed E-state index contributed by atoms with van der Waals surface area (Å²) in [5, 5.41) is 5.16. The van der Waals surface area contributed by atoms with Gasteiger partial charge in [0, 0.05) is 37.3 Å². The van der Waals surface area contributed by atoms with Crippen LogP contribution in [-0.4, -0.2) is 69.1 Å². The van der Waals surface area contributed by atoms with E-state index >= 15 is 0 Å². The Morgan fingerprint density at radius 1 is 1.03 bits per heavy atom. The lowest BCUT2D eigenvalue weighted by Crippen LogP contribution is -2.38. The quantitative estimate of drug-likeness (QED) is 0.511. The highest BCUT2D eigenvalue weighted by Crippen LogP contribution is 2.28. The maximum absolute atomic E-state index is 14.2. The fraction of sp³-hybridized carbons (Fsp3) is 0.375. The van der Waals surface area contributed by atoms with E-state index < -0.39 is 11.7 Å². The van der Waals surface area contributed by atoms with E-state index in [0.29, 0.717) is 42.5 Å². The largest absolute Gasteiger partial charge is 0.493 e. The lowest BCUT2D eigenvalue weighted by molar-refractivity contribution is -0.118. The molecule has 34 heavy (non-hydrogen) atoms. The molecular formula is C24H28FN3O6. The van der Waals surface area contributed by atoms with Gasteiger partial charge in [0.1, 0.15) is 5.82 Å². The molecule has 1 heterocycles. The zero-order valence-corrected chi connectivity index (χ0v) is 19.2. The molecule has 0 aromatic heterocycles. The van der Waals surface area contributed by atoms with Crippen LogP contribution in [-0.2, 0) is 14.3 Å². The van der Waals surface area contributed by atoms with Crippen molar-refractivity contribution in [2.75, 3.05) is 57.2 Å². The van der Waals surface area contributed by atoms with Crippen LogP contribution in [0.3, 0.4) is 0 Å². The summed E-state index contributed by atoms with van der Waals surface area (Å²) in [5.74, 6) is -0.918. The van der Waals surface area contributed by atoms with Crippen LogP contribution in [0.15, 0.2) is 36.4 Å². The van der Waals surface area contributed by atoms with Gasteiger partial charge in [-0.2, -0.15) is 0 Å². The number of halogens is 1. The maximum atomic E-state index is 14.2. The van der Waals surface area contributed by atoms with Crippen LogP contribution in [0.1, 0.15) is 23.7 Å². The van der Waals surface area contributed by atoms with E-state index in [1.165, 1.54) is 32.2 Å². The number of hydrogen-bond acceptors (Lipinski definition) is 7. The van der Waals surface area contributed by atoms with Gasteiger partial charge >= 0.3 is 0 Å². The Kier molecular flexibility index (Phi) is 8.94. The number of benzene rings is 2. The molecule has 0 atom stereocenters. The number of nitrogens with zero attached hydrogens (tertiary/aromatic N) is 1. The molecule has 182 valence electrons. The van der Waals surface area contributed by atoms with Crippen LogP contribution >= 0.6 is 0 Å². The summed E-state index contributed by atoms with van der Waals surface area (Å²) in [4.78, 5) is 38.2. The fourth-order valence-electron chi connectivity index (χ4n) is 3.34. The number of ether oxygens (including phenoxy) is 3. The van der Waals surface area contributed by atoms with Gasteiger partial charge in [-0.3, -0.25) is 19.3 Å². The summed E-state index contributed by atoms with van der Waals surface area (Å²) in [6.07, 6.45) is 0.216. The lowest BCUT2D eigenvalue weighted by atomic mass is 10.1. The highest BCUT2D eigenvalue weighted by Gasteiger charge is 2.15. The predicted molar refractivity (Wildman–Crippen MR) is 124 cm³/mol. The topological polar surface area (TPSA) is 106 Å². The van der Waals surface area contributed by atoms with Gasteiger partial charge in [0.15, 0.2) is 23.9 Å². The lowest BCUT2D eigenvalue weighted by Gasteiger charge is -2.26. The Morgan fingerprint density at radius 3 is 2.50 bits per heavy atom. The third-order valence-electron chi connectivity index (χ3n) is 5.21. The van der Waals surface area contributed by atoms with Crippen LogP contribution in [0.5, 0.6) is 11.5 Å². The molecule has 0 saturated carbocycles. The maximum Gasteiger partial charge on any atom is 0.262 e. The SMILES string of the molecule is COc1cc(C(C)=O)ccc1OCC(=O)Nc1ccc(F)c(NC(=O)CCN2CCOCC2)c1. The van der Waals surface area contributed by atoms with Gasteiger partial charge in [-0.25, -0.2) is 4.39 Å². The fourth-order valence-corrected chi connectivity index (χ4v) is 3.34. The highest BCUT2D eigenvalue weighted by molar-refractivity contribution is 5.95. The first kappa shape index (κ1) is 25.1. The van der Waals surface area contributed by atoms with E-state index in [-0.39, 0.29) is 30.4 Å². The average molecular weight is 474 g/mol. The van der Waals surface area contributed by atoms with E-state index in [9.17, 15) is 18.8 Å². The van der Waals surface area contributed by atoms with E-state index in [4.69, 9.17) is 14.2 Å². The minimum absolute atomic E-state index is 0.0211. The van der Waals surface area contributed by atoms with Crippen LogP contribution in [0.25, 0.3) is 0 Å². The number of methoxy groups -OCH3 is 1. The third-order valence-corrected chi connectivity index (χ3v) is 5.21. The summed E-state index contributed by atoms with van der Waals surface area (Å²) in [7, 11) is 1.43. The van der Waals surface area contributed by atoms with E-state index in [1.54, 1.807) is 12.1 Å². The standard InChI is InChI=1S/C24H28FN3O6/c1-16(29)17-3-6-21(22(13-17)32-2)34-15-24(31)26-18-4-5-19(25)20(14-18)27-23(30)7-8-28-9-11-33-12-10-28/h3-6,13-14H,7-12,15H2,1-2H3,(H,26,31)(H,27,30). The second-order valence-electron chi connectivity index (χ2n) is 7.71. The molecule has 0 bridgehead atoms. The first-order valence-electron chi connectivity index (χ1n) is 10.9. The smallest absolute Gasteiger partial charge is 0.262 e. The van der Waals surface area contributed by atoms with Gasteiger partial charge in [0.25, 0.3) is 5.91 Å². The van der Waals surface area contributed by atoms with Crippen molar-refractivity contribution in [2.24, 2.45) is 0 Å². The van der Waals surface area contributed by atoms with Crippen LogP contribution < -0.4 is 20.1 Å². The molecule has 0 radical (unpaired) electrons. The number of rotatable bonds is 10. The van der Waals surface area contributed by atoms with Crippen molar-refractivity contribution in [3.63, 3.8) is 0 Å². The Hall–Kier alpha value is -3.50. The molecule has 9 nitrogen and oxygen atoms in total. The van der Waals surface area contributed by atoms with Crippen LogP contribution in [0.2, 0.25) is 0 Å². The number of carbonyl (C=O) groups excluding carboxylic acids is 3. The number of carbonyl (C=O) groups is 3. The molecule has 2 amide bonds.